The van der Waals surface area contributed by atoms with Gasteiger partial charge in [-0.15, -0.1) is 0 Å². The Bertz CT molecular complexity index is 466. The van der Waals surface area contributed by atoms with Crippen LogP contribution in [-0.2, 0) is 0 Å². The SMILES string of the molecule is CCC1CCCCN1c1nc(NN)ncc1[N+](=O)[O-]. The Labute approximate surface area is 111 Å². The van der Waals surface area contributed by atoms with Gasteiger partial charge >= 0.3 is 5.69 Å². The maximum absolute atomic E-state index is 11.1. The monoisotopic (exact) mass is 266 g/mol. The summed E-state index contributed by atoms with van der Waals surface area (Å²) in [5, 5.41) is 11.1. The fourth-order valence-corrected chi connectivity index (χ4v) is 2.48. The van der Waals surface area contributed by atoms with Gasteiger partial charge in [-0.25, -0.2) is 10.8 Å². The molecule has 0 amide bonds. The second kappa shape index (κ2) is 5.79. The summed E-state index contributed by atoms with van der Waals surface area (Å²) in [6.07, 6.45) is 5.34. The molecule has 2 rings (SSSR count). The molecule has 1 saturated heterocycles. The summed E-state index contributed by atoms with van der Waals surface area (Å²) < 4.78 is 0. The van der Waals surface area contributed by atoms with E-state index in [4.69, 9.17) is 5.84 Å². The lowest BCUT2D eigenvalue weighted by atomic mass is 10.00. The third-order valence-corrected chi connectivity index (χ3v) is 3.45. The first kappa shape index (κ1) is 13.5. The van der Waals surface area contributed by atoms with E-state index in [0.29, 0.717) is 5.82 Å². The van der Waals surface area contributed by atoms with Gasteiger partial charge in [-0.05, 0) is 25.7 Å². The van der Waals surface area contributed by atoms with Gasteiger partial charge in [0.1, 0.15) is 6.20 Å². The van der Waals surface area contributed by atoms with E-state index >= 15 is 0 Å². The lowest BCUT2D eigenvalue weighted by Crippen LogP contribution is -2.40. The molecule has 1 atom stereocenters. The zero-order chi connectivity index (χ0) is 13.8. The molecule has 1 aromatic rings. The molecule has 0 spiro atoms. The summed E-state index contributed by atoms with van der Waals surface area (Å²) in [5.41, 5.74) is 2.26. The third-order valence-electron chi connectivity index (χ3n) is 3.45. The van der Waals surface area contributed by atoms with Crippen LogP contribution in [0.2, 0.25) is 0 Å². The van der Waals surface area contributed by atoms with Crippen LogP contribution >= 0.6 is 0 Å². The lowest BCUT2D eigenvalue weighted by molar-refractivity contribution is -0.384. The number of nitrogens with one attached hydrogen (secondary N) is 1. The van der Waals surface area contributed by atoms with Crippen molar-refractivity contribution >= 4 is 17.5 Å². The first-order chi connectivity index (χ1) is 9.17. The summed E-state index contributed by atoms with van der Waals surface area (Å²) in [6, 6.07) is 0.285. The highest BCUT2D eigenvalue weighted by atomic mass is 16.6. The van der Waals surface area contributed by atoms with Gasteiger partial charge in [0, 0.05) is 12.6 Å². The number of hydrogen-bond donors (Lipinski definition) is 2. The van der Waals surface area contributed by atoms with Gasteiger partial charge < -0.3 is 4.90 Å². The molecule has 8 nitrogen and oxygen atoms in total. The zero-order valence-corrected chi connectivity index (χ0v) is 10.9. The molecule has 0 bridgehead atoms. The maximum atomic E-state index is 11.1. The highest BCUT2D eigenvalue weighted by Crippen LogP contribution is 2.32. The van der Waals surface area contributed by atoms with Crippen molar-refractivity contribution in [2.24, 2.45) is 5.84 Å². The van der Waals surface area contributed by atoms with Crippen LogP contribution < -0.4 is 16.2 Å². The van der Waals surface area contributed by atoms with Gasteiger partial charge in [-0.1, -0.05) is 6.92 Å². The molecule has 1 aliphatic rings. The maximum Gasteiger partial charge on any atom is 0.329 e. The molecule has 1 fully saturated rings. The Morgan fingerprint density at radius 2 is 2.42 bits per heavy atom. The normalized spacial score (nSPS) is 19.3. The number of piperidine rings is 1. The van der Waals surface area contributed by atoms with Gasteiger partial charge in [0.2, 0.25) is 11.8 Å². The average molecular weight is 266 g/mol. The average Bonchev–Trinajstić information content (AvgIpc) is 2.46. The van der Waals surface area contributed by atoms with Crippen molar-refractivity contribution < 1.29 is 4.92 Å². The molecule has 19 heavy (non-hydrogen) atoms. The Morgan fingerprint density at radius 3 is 3.05 bits per heavy atom. The number of hydrazine groups is 1. The minimum absolute atomic E-state index is 0.0700. The van der Waals surface area contributed by atoms with Crippen molar-refractivity contribution in [3.8, 4) is 0 Å². The van der Waals surface area contributed by atoms with Crippen LogP contribution in [0.15, 0.2) is 6.20 Å². The Morgan fingerprint density at radius 1 is 1.63 bits per heavy atom. The first-order valence-corrected chi connectivity index (χ1v) is 6.42. The van der Waals surface area contributed by atoms with Crippen molar-refractivity contribution in [2.45, 2.75) is 38.6 Å². The minimum atomic E-state index is -0.447. The quantitative estimate of drug-likeness (QED) is 0.482. The van der Waals surface area contributed by atoms with Crippen LogP contribution in [0.3, 0.4) is 0 Å². The molecule has 0 saturated carbocycles. The van der Waals surface area contributed by atoms with E-state index in [2.05, 4.69) is 22.3 Å². The molecule has 0 aliphatic carbocycles. The number of anilines is 2. The van der Waals surface area contributed by atoms with E-state index in [9.17, 15) is 10.1 Å². The molecule has 0 aromatic carbocycles. The standard InChI is InChI=1S/C11H18N6O2/c1-2-8-5-3-4-6-16(8)10-9(17(18)19)7-13-11(14-10)15-12/h7-8H,2-6,12H2,1H3,(H,13,14,15). The number of rotatable bonds is 4. The molecule has 1 aliphatic heterocycles. The lowest BCUT2D eigenvalue weighted by Gasteiger charge is -2.35. The minimum Gasteiger partial charge on any atom is -0.348 e. The van der Waals surface area contributed by atoms with Crippen LogP contribution in [0.4, 0.5) is 17.5 Å². The number of hydrogen-bond acceptors (Lipinski definition) is 7. The largest absolute Gasteiger partial charge is 0.348 e. The Balaban J connectivity index is 2.42. The van der Waals surface area contributed by atoms with Crippen molar-refractivity contribution in [3.63, 3.8) is 0 Å². The molecule has 1 unspecified atom stereocenters. The molecule has 104 valence electrons. The van der Waals surface area contributed by atoms with Gasteiger partial charge in [-0.3, -0.25) is 15.5 Å². The molecular formula is C11H18N6O2. The van der Waals surface area contributed by atoms with E-state index < -0.39 is 4.92 Å². The van der Waals surface area contributed by atoms with Crippen molar-refractivity contribution in [3.05, 3.63) is 16.3 Å². The van der Waals surface area contributed by atoms with Crippen LogP contribution in [0, 0.1) is 10.1 Å². The van der Waals surface area contributed by atoms with Crippen LogP contribution in [0.5, 0.6) is 0 Å². The van der Waals surface area contributed by atoms with E-state index in [-0.39, 0.29) is 17.7 Å². The fourth-order valence-electron chi connectivity index (χ4n) is 2.48. The van der Waals surface area contributed by atoms with Crippen molar-refractivity contribution in [1.29, 1.82) is 0 Å². The predicted octanol–water partition coefficient (Wildman–Crippen LogP) is 1.44. The summed E-state index contributed by atoms with van der Waals surface area (Å²) in [5.74, 6) is 5.83. The number of nitrogens with two attached hydrogens (primary N) is 1. The van der Waals surface area contributed by atoms with Crippen molar-refractivity contribution in [1.82, 2.24) is 9.97 Å². The number of nitrogen functional groups attached to an aromatic ring is 1. The third kappa shape index (κ3) is 2.73. The predicted molar refractivity (Wildman–Crippen MR) is 71.8 cm³/mol. The highest BCUT2D eigenvalue weighted by molar-refractivity contribution is 5.59. The van der Waals surface area contributed by atoms with E-state index in [1.54, 1.807) is 0 Å². The molecule has 3 N–H and O–H groups in total. The number of nitrogens with zero attached hydrogens (tertiary/aromatic N) is 4. The van der Waals surface area contributed by atoms with Gasteiger partial charge in [-0.2, -0.15) is 4.98 Å². The highest BCUT2D eigenvalue weighted by Gasteiger charge is 2.29. The fraction of sp³-hybridized carbons (Fsp3) is 0.636. The summed E-state index contributed by atoms with van der Waals surface area (Å²) in [4.78, 5) is 20.6. The van der Waals surface area contributed by atoms with E-state index in [0.717, 1.165) is 32.2 Å². The van der Waals surface area contributed by atoms with Crippen LogP contribution in [-0.4, -0.2) is 27.5 Å². The zero-order valence-electron chi connectivity index (χ0n) is 10.9. The summed E-state index contributed by atoms with van der Waals surface area (Å²) in [7, 11) is 0. The first-order valence-electron chi connectivity index (χ1n) is 6.42. The van der Waals surface area contributed by atoms with Gasteiger partial charge in [0.15, 0.2) is 0 Å². The van der Waals surface area contributed by atoms with Crippen LogP contribution in [0.1, 0.15) is 32.6 Å². The van der Waals surface area contributed by atoms with E-state index in [1.165, 1.54) is 6.20 Å². The van der Waals surface area contributed by atoms with Gasteiger partial charge in [0.05, 0.1) is 4.92 Å². The summed E-state index contributed by atoms with van der Waals surface area (Å²) in [6.45, 7) is 2.86. The second-order valence-electron chi connectivity index (χ2n) is 4.56. The molecular weight excluding hydrogens is 248 g/mol. The van der Waals surface area contributed by atoms with Crippen LogP contribution in [0.25, 0.3) is 0 Å². The Hall–Kier alpha value is -1.96. The second-order valence-corrected chi connectivity index (χ2v) is 4.56. The number of aromatic nitrogens is 2. The van der Waals surface area contributed by atoms with Crippen molar-refractivity contribution in [2.75, 3.05) is 16.9 Å². The van der Waals surface area contributed by atoms with E-state index in [1.807, 2.05) is 4.90 Å². The number of nitro groups is 1. The Kier molecular flexibility index (Phi) is 4.10. The molecule has 8 heteroatoms. The summed E-state index contributed by atoms with van der Waals surface area (Å²) >= 11 is 0. The molecule has 1 aromatic heterocycles. The smallest absolute Gasteiger partial charge is 0.329 e. The van der Waals surface area contributed by atoms with Gasteiger partial charge in [0.25, 0.3) is 0 Å². The molecule has 2 heterocycles. The topological polar surface area (TPSA) is 110 Å². The molecule has 0 radical (unpaired) electrons.